The number of rotatable bonds is 5. The van der Waals surface area contributed by atoms with Crippen molar-refractivity contribution in [3.05, 3.63) is 71.2 Å². The quantitative estimate of drug-likeness (QED) is 0.739. The number of nitrogens with zero attached hydrogens (tertiary/aromatic N) is 2. The van der Waals surface area contributed by atoms with Crippen LogP contribution in [0, 0.1) is 5.92 Å². The highest BCUT2D eigenvalue weighted by molar-refractivity contribution is 7.89. The molecule has 2 aromatic rings. The van der Waals surface area contributed by atoms with Crippen LogP contribution in [0.3, 0.4) is 0 Å². The van der Waals surface area contributed by atoms with E-state index in [1.807, 2.05) is 6.07 Å². The number of aromatic nitrogens is 1. The molecule has 0 aliphatic carbocycles. The number of piperidine rings is 1. The van der Waals surface area contributed by atoms with Crippen LogP contribution in [0.15, 0.2) is 64.8 Å². The molecule has 1 saturated heterocycles. The Bertz CT molecular complexity index is 1030. The van der Waals surface area contributed by atoms with Crippen LogP contribution in [-0.4, -0.2) is 37.0 Å². The molecule has 2 bridgehead atoms. The van der Waals surface area contributed by atoms with Gasteiger partial charge in [-0.15, -0.1) is 0 Å². The zero-order valence-corrected chi connectivity index (χ0v) is 15.8. The maximum absolute atomic E-state index is 13.2. The number of hydrogen-bond acceptors (Lipinski definition) is 4. The molecule has 1 aromatic heterocycles. The van der Waals surface area contributed by atoms with Crippen LogP contribution in [0.1, 0.15) is 18.0 Å². The number of benzene rings is 1. The number of pyridine rings is 1. The summed E-state index contributed by atoms with van der Waals surface area (Å²) >= 11 is 0. The predicted octanol–water partition coefficient (Wildman–Crippen LogP) is 2.22. The van der Waals surface area contributed by atoms with Crippen molar-refractivity contribution in [3.8, 4) is 5.75 Å². The van der Waals surface area contributed by atoms with Crippen molar-refractivity contribution in [3.63, 3.8) is 0 Å². The Balaban J connectivity index is 1.63. The van der Waals surface area contributed by atoms with E-state index in [1.54, 1.807) is 51.3 Å². The van der Waals surface area contributed by atoms with Gasteiger partial charge in [-0.3, -0.25) is 4.79 Å². The molecular weight excluding hydrogens is 364 g/mol. The molecule has 2 unspecified atom stereocenters. The van der Waals surface area contributed by atoms with Crippen LogP contribution in [0.5, 0.6) is 5.75 Å². The molecule has 142 valence electrons. The summed E-state index contributed by atoms with van der Waals surface area (Å²) in [6.07, 6.45) is 2.53. The van der Waals surface area contributed by atoms with Gasteiger partial charge in [-0.1, -0.05) is 24.8 Å². The van der Waals surface area contributed by atoms with Gasteiger partial charge in [-0.05, 0) is 30.5 Å². The fourth-order valence-electron chi connectivity index (χ4n) is 4.08. The molecular formula is C20H22N2O4S. The van der Waals surface area contributed by atoms with Crippen LogP contribution in [-0.2, 0) is 16.6 Å². The molecule has 0 amide bonds. The van der Waals surface area contributed by atoms with Gasteiger partial charge in [0.1, 0.15) is 12.4 Å². The predicted molar refractivity (Wildman–Crippen MR) is 102 cm³/mol. The van der Waals surface area contributed by atoms with Gasteiger partial charge in [0, 0.05) is 43.4 Å². The van der Waals surface area contributed by atoms with E-state index in [4.69, 9.17) is 4.74 Å². The van der Waals surface area contributed by atoms with E-state index >= 15 is 0 Å². The monoisotopic (exact) mass is 386 g/mol. The summed E-state index contributed by atoms with van der Waals surface area (Å²) in [6.45, 7) is 5.31. The van der Waals surface area contributed by atoms with Crippen molar-refractivity contribution in [2.24, 2.45) is 5.92 Å². The Morgan fingerprint density at radius 3 is 2.78 bits per heavy atom. The van der Waals surface area contributed by atoms with E-state index in [9.17, 15) is 13.2 Å². The van der Waals surface area contributed by atoms with E-state index in [-0.39, 0.29) is 22.3 Å². The van der Waals surface area contributed by atoms with Crippen LogP contribution in [0.4, 0.5) is 0 Å². The Morgan fingerprint density at radius 1 is 1.15 bits per heavy atom. The van der Waals surface area contributed by atoms with Crippen molar-refractivity contribution in [2.75, 3.05) is 19.7 Å². The highest BCUT2D eigenvalue weighted by Crippen LogP contribution is 2.37. The average molecular weight is 386 g/mol. The van der Waals surface area contributed by atoms with E-state index in [0.29, 0.717) is 32.0 Å². The van der Waals surface area contributed by atoms with Gasteiger partial charge in [0.2, 0.25) is 10.0 Å². The standard InChI is InChI=1S/C20H22N2O4S/c1-2-9-26-17-5-3-6-18(11-17)27(24,25)21-12-15-10-16(14-21)19-7-4-8-20(23)22(19)13-15/h2-8,11,15-16H,1,9-10,12-14H2. The summed E-state index contributed by atoms with van der Waals surface area (Å²) in [7, 11) is -3.62. The zero-order chi connectivity index (χ0) is 19.0. The minimum atomic E-state index is -3.62. The number of sulfonamides is 1. The fraction of sp³-hybridized carbons (Fsp3) is 0.350. The van der Waals surface area contributed by atoms with E-state index < -0.39 is 10.0 Å². The van der Waals surface area contributed by atoms with E-state index in [2.05, 4.69) is 6.58 Å². The molecule has 0 saturated carbocycles. The summed E-state index contributed by atoms with van der Waals surface area (Å²) in [5.41, 5.74) is 0.923. The third-order valence-electron chi connectivity index (χ3n) is 5.26. The molecule has 0 radical (unpaired) electrons. The lowest BCUT2D eigenvalue weighted by atomic mass is 9.84. The van der Waals surface area contributed by atoms with Crippen LogP contribution >= 0.6 is 0 Å². The maximum Gasteiger partial charge on any atom is 0.250 e. The summed E-state index contributed by atoms with van der Waals surface area (Å²) in [4.78, 5) is 12.4. The molecule has 3 heterocycles. The molecule has 4 rings (SSSR count). The number of ether oxygens (including phenoxy) is 1. The highest BCUT2D eigenvalue weighted by atomic mass is 32.2. The van der Waals surface area contributed by atoms with Gasteiger partial charge < -0.3 is 9.30 Å². The first kappa shape index (κ1) is 18.0. The molecule has 0 N–H and O–H groups in total. The second kappa shape index (κ2) is 6.98. The molecule has 0 spiro atoms. The smallest absolute Gasteiger partial charge is 0.250 e. The highest BCUT2D eigenvalue weighted by Gasteiger charge is 2.39. The largest absolute Gasteiger partial charge is 0.490 e. The molecule has 2 aliphatic heterocycles. The Morgan fingerprint density at radius 2 is 1.96 bits per heavy atom. The van der Waals surface area contributed by atoms with E-state index in [1.165, 1.54) is 0 Å². The third kappa shape index (κ3) is 3.33. The zero-order valence-electron chi connectivity index (χ0n) is 15.0. The summed E-state index contributed by atoms with van der Waals surface area (Å²) in [5, 5.41) is 0. The first-order valence-corrected chi connectivity index (χ1v) is 10.5. The Hall–Kier alpha value is -2.38. The topological polar surface area (TPSA) is 68.6 Å². The van der Waals surface area contributed by atoms with Gasteiger partial charge in [-0.25, -0.2) is 8.42 Å². The maximum atomic E-state index is 13.2. The Kier molecular flexibility index (Phi) is 4.65. The number of fused-ring (bicyclic) bond motifs is 4. The van der Waals surface area contributed by atoms with Gasteiger partial charge in [-0.2, -0.15) is 4.31 Å². The van der Waals surface area contributed by atoms with Crippen LogP contribution < -0.4 is 10.3 Å². The first-order valence-electron chi connectivity index (χ1n) is 9.02. The fourth-order valence-corrected chi connectivity index (χ4v) is 5.67. The second-order valence-corrected chi connectivity index (χ2v) is 9.03. The van der Waals surface area contributed by atoms with Crippen LogP contribution in [0.2, 0.25) is 0 Å². The van der Waals surface area contributed by atoms with Crippen molar-refractivity contribution >= 4 is 10.0 Å². The molecule has 2 aliphatic rings. The minimum absolute atomic E-state index is 0.00873. The normalized spacial score (nSPS) is 22.1. The molecule has 1 aromatic carbocycles. The molecule has 6 nitrogen and oxygen atoms in total. The summed E-state index contributed by atoms with van der Waals surface area (Å²) < 4.78 is 35.2. The lowest BCUT2D eigenvalue weighted by Crippen LogP contribution is -2.48. The van der Waals surface area contributed by atoms with Gasteiger partial charge in [0.15, 0.2) is 0 Å². The Labute approximate surface area is 158 Å². The van der Waals surface area contributed by atoms with Gasteiger partial charge in [0.25, 0.3) is 5.56 Å². The van der Waals surface area contributed by atoms with Crippen molar-refractivity contribution < 1.29 is 13.2 Å². The van der Waals surface area contributed by atoms with Gasteiger partial charge in [0.05, 0.1) is 4.90 Å². The molecule has 27 heavy (non-hydrogen) atoms. The molecule has 2 atom stereocenters. The SMILES string of the molecule is C=CCOc1cccc(S(=O)(=O)N2CC3CC(C2)c2cccc(=O)n2C3)c1. The molecule has 1 fully saturated rings. The first-order chi connectivity index (χ1) is 13.0. The minimum Gasteiger partial charge on any atom is -0.490 e. The number of hydrogen-bond donors (Lipinski definition) is 0. The van der Waals surface area contributed by atoms with Gasteiger partial charge >= 0.3 is 0 Å². The van der Waals surface area contributed by atoms with Crippen molar-refractivity contribution in [1.29, 1.82) is 0 Å². The van der Waals surface area contributed by atoms with E-state index in [0.717, 1.165) is 12.1 Å². The van der Waals surface area contributed by atoms with Crippen LogP contribution in [0.25, 0.3) is 0 Å². The van der Waals surface area contributed by atoms with Crippen molar-refractivity contribution in [2.45, 2.75) is 23.8 Å². The summed E-state index contributed by atoms with van der Waals surface area (Å²) in [5.74, 6) is 0.692. The van der Waals surface area contributed by atoms with Crippen molar-refractivity contribution in [1.82, 2.24) is 8.87 Å². The third-order valence-corrected chi connectivity index (χ3v) is 7.09. The molecule has 7 heteroatoms. The average Bonchev–Trinajstić information content (AvgIpc) is 2.67. The lowest BCUT2D eigenvalue weighted by Gasteiger charge is -2.42. The lowest BCUT2D eigenvalue weighted by molar-refractivity contribution is 0.186. The summed E-state index contributed by atoms with van der Waals surface area (Å²) in [6, 6.07) is 11.8. The second-order valence-electron chi connectivity index (χ2n) is 7.09.